The maximum absolute atomic E-state index is 11.6. The van der Waals surface area contributed by atoms with Gasteiger partial charge in [-0.05, 0) is 30.3 Å². The molecule has 0 radical (unpaired) electrons. The molecule has 2 aromatic rings. The SMILES string of the molecule is O=C(COc1ccc(Br)cc1Cl)NN=Cc1ccccn1. The molecule has 0 aliphatic heterocycles. The van der Waals surface area contributed by atoms with Gasteiger partial charge in [0.15, 0.2) is 6.61 Å². The average Bonchev–Trinajstić information content (AvgIpc) is 2.47. The molecule has 0 aliphatic carbocycles. The van der Waals surface area contributed by atoms with Gasteiger partial charge in [0.25, 0.3) is 5.91 Å². The summed E-state index contributed by atoms with van der Waals surface area (Å²) in [6.45, 7) is -0.180. The van der Waals surface area contributed by atoms with Gasteiger partial charge >= 0.3 is 0 Å². The number of aromatic nitrogens is 1. The number of pyridine rings is 1. The average molecular weight is 369 g/mol. The van der Waals surface area contributed by atoms with Crippen LogP contribution in [0, 0.1) is 0 Å². The third-order valence-electron chi connectivity index (χ3n) is 2.33. The number of nitrogens with zero attached hydrogens (tertiary/aromatic N) is 2. The van der Waals surface area contributed by atoms with Gasteiger partial charge in [-0.15, -0.1) is 0 Å². The lowest BCUT2D eigenvalue weighted by Crippen LogP contribution is -2.24. The number of benzene rings is 1. The van der Waals surface area contributed by atoms with E-state index >= 15 is 0 Å². The van der Waals surface area contributed by atoms with E-state index in [0.717, 1.165) is 4.47 Å². The summed E-state index contributed by atoms with van der Waals surface area (Å²) in [7, 11) is 0. The summed E-state index contributed by atoms with van der Waals surface area (Å²) < 4.78 is 6.14. The molecule has 0 saturated carbocycles. The molecule has 0 atom stereocenters. The Balaban J connectivity index is 1.81. The van der Waals surface area contributed by atoms with E-state index in [4.69, 9.17) is 16.3 Å². The molecule has 1 N–H and O–H groups in total. The number of amides is 1. The van der Waals surface area contributed by atoms with E-state index in [2.05, 4.69) is 31.4 Å². The molecule has 1 heterocycles. The van der Waals surface area contributed by atoms with Crippen molar-refractivity contribution in [3.8, 4) is 5.75 Å². The highest BCUT2D eigenvalue weighted by Crippen LogP contribution is 2.27. The summed E-state index contributed by atoms with van der Waals surface area (Å²) in [5, 5.41) is 4.21. The van der Waals surface area contributed by atoms with Crippen LogP contribution in [0.3, 0.4) is 0 Å². The van der Waals surface area contributed by atoms with Gasteiger partial charge in [0, 0.05) is 10.7 Å². The van der Waals surface area contributed by atoms with Crippen LogP contribution in [0.25, 0.3) is 0 Å². The van der Waals surface area contributed by atoms with Crippen molar-refractivity contribution < 1.29 is 9.53 Å². The summed E-state index contributed by atoms with van der Waals surface area (Å²) in [6.07, 6.45) is 3.09. The van der Waals surface area contributed by atoms with Gasteiger partial charge in [0.2, 0.25) is 0 Å². The van der Waals surface area contributed by atoms with Crippen molar-refractivity contribution in [1.29, 1.82) is 0 Å². The van der Waals surface area contributed by atoms with Crippen LogP contribution in [-0.4, -0.2) is 23.7 Å². The van der Waals surface area contributed by atoms with E-state index in [1.54, 1.807) is 36.5 Å². The van der Waals surface area contributed by atoms with E-state index in [1.807, 2.05) is 6.07 Å². The fourth-order valence-corrected chi connectivity index (χ4v) is 2.12. The second-order valence-electron chi connectivity index (χ2n) is 3.91. The van der Waals surface area contributed by atoms with Gasteiger partial charge in [-0.3, -0.25) is 9.78 Å². The molecule has 2 rings (SSSR count). The van der Waals surface area contributed by atoms with Crippen LogP contribution in [0.15, 0.2) is 52.2 Å². The number of hydrogen-bond acceptors (Lipinski definition) is 4. The summed E-state index contributed by atoms with van der Waals surface area (Å²) in [6, 6.07) is 10.5. The van der Waals surface area contributed by atoms with E-state index in [9.17, 15) is 4.79 Å². The van der Waals surface area contributed by atoms with Crippen LogP contribution in [0.4, 0.5) is 0 Å². The summed E-state index contributed by atoms with van der Waals surface area (Å²) in [5.74, 6) is 0.0462. The zero-order chi connectivity index (χ0) is 15.1. The highest BCUT2D eigenvalue weighted by Gasteiger charge is 2.05. The molecule has 0 bridgehead atoms. The molecule has 0 spiro atoms. The zero-order valence-corrected chi connectivity index (χ0v) is 13.1. The standard InChI is InChI=1S/C14H11BrClN3O2/c15-10-4-5-13(12(16)7-10)21-9-14(20)19-18-8-11-3-1-2-6-17-11/h1-8H,9H2,(H,19,20). The monoisotopic (exact) mass is 367 g/mol. The largest absolute Gasteiger partial charge is 0.482 e. The van der Waals surface area contributed by atoms with Crippen molar-refractivity contribution in [2.75, 3.05) is 6.61 Å². The Bertz CT molecular complexity index is 650. The van der Waals surface area contributed by atoms with Crippen molar-refractivity contribution in [3.63, 3.8) is 0 Å². The van der Waals surface area contributed by atoms with E-state index < -0.39 is 0 Å². The van der Waals surface area contributed by atoms with Gasteiger partial charge in [-0.25, -0.2) is 5.43 Å². The number of rotatable bonds is 5. The number of hydrogen-bond donors (Lipinski definition) is 1. The van der Waals surface area contributed by atoms with E-state index in [0.29, 0.717) is 16.5 Å². The minimum atomic E-state index is -0.388. The molecule has 0 unspecified atom stereocenters. The highest BCUT2D eigenvalue weighted by molar-refractivity contribution is 9.10. The van der Waals surface area contributed by atoms with Gasteiger partial charge in [-0.2, -0.15) is 5.10 Å². The molecule has 1 amide bonds. The first-order valence-electron chi connectivity index (χ1n) is 5.96. The van der Waals surface area contributed by atoms with E-state index in [1.165, 1.54) is 6.21 Å². The first-order valence-corrected chi connectivity index (χ1v) is 7.13. The number of hydrazone groups is 1. The zero-order valence-electron chi connectivity index (χ0n) is 10.8. The predicted molar refractivity (Wildman–Crippen MR) is 84.6 cm³/mol. The normalized spacial score (nSPS) is 10.6. The van der Waals surface area contributed by atoms with Gasteiger partial charge in [0.05, 0.1) is 16.9 Å². The second kappa shape index (κ2) is 7.75. The fraction of sp³-hybridized carbons (Fsp3) is 0.0714. The predicted octanol–water partition coefficient (Wildman–Crippen LogP) is 3.03. The number of ether oxygens (including phenoxy) is 1. The minimum Gasteiger partial charge on any atom is -0.482 e. The van der Waals surface area contributed by atoms with Crippen LogP contribution in [0.1, 0.15) is 5.69 Å². The lowest BCUT2D eigenvalue weighted by molar-refractivity contribution is -0.123. The maximum atomic E-state index is 11.6. The third-order valence-corrected chi connectivity index (χ3v) is 3.12. The summed E-state index contributed by atoms with van der Waals surface area (Å²) >= 11 is 9.26. The van der Waals surface area contributed by atoms with Gasteiger partial charge in [-0.1, -0.05) is 33.6 Å². The quantitative estimate of drug-likeness (QED) is 0.652. The second-order valence-corrected chi connectivity index (χ2v) is 5.23. The molecule has 0 aliphatic rings. The topological polar surface area (TPSA) is 63.6 Å². The Labute approximate surface area is 135 Å². The number of carbonyl (C=O) groups excluding carboxylic acids is 1. The van der Waals surface area contributed by atoms with Crippen molar-refractivity contribution in [1.82, 2.24) is 10.4 Å². The van der Waals surface area contributed by atoms with Crippen LogP contribution in [-0.2, 0) is 4.79 Å². The Morgan fingerprint density at radius 3 is 3.00 bits per heavy atom. The first-order chi connectivity index (χ1) is 10.1. The molecule has 0 fully saturated rings. The molecule has 108 valence electrons. The maximum Gasteiger partial charge on any atom is 0.277 e. The molecule has 7 heteroatoms. The van der Waals surface area contributed by atoms with Crippen molar-refractivity contribution in [2.45, 2.75) is 0 Å². The van der Waals surface area contributed by atoms with Crippen LogP contribution >= 0.6 is 27.5 Å². The van der Waals surface area contributed by atoms with Crippen LogP contribution in [0.2, 0.25) is 5.02 Å². The van der Waals surface area contributed by atoms with Gasteiger partial charge in [0.1, 0.15) is 5.75 Å². The molecule has 1 aromatic carbocycles. The number of halogens is 2. The molecular formula is C14H11BrClN3O2. The molecule has 5 nitrogen and oxygen atoms in total. The first kappa shape index (κ1) is 15.5. The minimum absolute atomic E-state index is 0.180. The van der Waals surface area contributed by atoms with Gasteiger partial charge < -0.3 is 4.74 Å². The smallest absolute Gasteiger partial charge is 0.277 e. The lowest BCUT2D eigenvalue weighted by Gasteiger charge is -2.06. The Hall–Kier alpha value is -1.92. The summed E-state index contributed by atoms with van der Waals surface area (Å²) in [5.41, 5.74) is 2.99. The highest BCUT2D eigenvalue weighted by atomic mass is 79.9. The van der Waals surface area contributed by atoms with Crippen molar-refractivity contribution in [2.24, 2.45) is 5.10 Å². The number of nitrogens with one attached hydrogen (secondary N) is 1. The Morgan fingerprint density at radius 1 is 1.43 bits per heavy atom. The van der Waals surface area contributed by atoms with Crippen LogP contribution in [0.5, 0.6) is 5.75 Å². The van der Waals surface area contributed by atoms with E-state index in [-0.39, 0.29) is 12.5 Å². The Kier molecular flexibility index (Phi) is 5.71. The van der Waals surface area contributed by atoms with Crippen LogP contribution < -0.4 is 10.2 Å². The fourth-order valence-electron chi connectivity index (χ4n) is 1.39. The molecular weight excluding hydrogens is 358 g/mol. The third kappa shape index (κ3) is 5.17. The molecule has 21 heavy (non-hydrogen) atoms. The Morgan fingerprint density at radius 2 is 2.29 bits per heavy atom. The van der Waals surface area contributed by atoms with Crippen molar-refractivity contribution in [3.05, 3.63) is 57.8 Å². The number of carbonyl (C=O) groups is 1. The summed E-state index contributed by atoms with van der Waals surface area (Å²) in [4.78, 5) is 15.6. The lowest BCUT2D eigenvalue weighted by atomic mass is 10.3. The van der Waals surface area contributed by atoms with Crippen molar-refractivity contribution >= 4 is 39.7 Å². The molecule has 0 saturated heterocycles. The molecule has 1 aromatic heterocycles.